The molecule has 2 N–H and O–H groups in total. The number of alkyl halides is 1. The van der Waals surface area contributed by atoms with Crippen LogP contribution in [0.3, 0.4) is 0 Å². The van der Waals surface area contributed by atoms with Crippen molar-refractivity contribution in [3.05, 3.63) is 42.4 Å². The van der Waals surface area contributed by atoms with E-state index in [1.54, 1.807) is 12.4 Å². The number of nitrogens with zero attached hydrogens (tertiary/aromatic N) is 2. The number of hydrogen-bond donors (Lipinski definition) is 1. The van der Waals surface area contributed by atoms with Crippen molar-refractivity contribution < 1.29 is 4.39 Å². The van der Waals surface area contributed by atoms with Crippen molar-refractivity contribution in [3.8, 4) is 0 Å². The van der Waals surface area contributed by atoms with E-state index in [9.17, 15) is 4.39 Å². The van der Waals surface area contributed by atoms with E-state index in [-0.39, 0.29) is 6.04 Å². The number of halogens is 1. The molecule has 0 amide bonds. The number of rotatable bonds is 4. The molecule has 3 nitrogen and oxygen atoms in total. The van der Waals surface area contributed by atoms with Crippen LogP contribution in [0.25, 0.3) is 0 Å². The second-order valence-corrected chi connectivity index (χ2v) is 4.50. The van der Waals surface area contributed by atoms with Crippen molar-refractivity contribution in [1.29, 1.82) is 0 Å². The highest BCUT2D eigenvalue weighted by molar-refractivity contribution is 5.16. The lowest BCUT2D eigenvalue weighted by molar-refractivity contribution is 0.315. The first-order chi connectivity index (χ1) is 8.16. The van der Waals surface area contributed by atoms with Gasteiger partial charge in [-0.05, 0) is 24.5 Å². The summed E-state index contributed by atoms with van der Waals surface area (Å²) < 4.78 is 13.1. The number of pyridine rings is 1. The molecule has 92 valence electrons. The molecular weight excluding hydrogens is 217 g/mol. The standard InChI is InChI=1S/C13H18FN3/c1-10(17-6-4-12(14)9-17)13(15)7-11-3-2-5-16-8-11/h2-3,5,8,12-13H,1,4,6-7,9,15H2. The third-order valence-electron chi connectivity index (χ3n) is 3.14. The molecule has 0 saturated carbocycles. The zero-order valence-corrected chi connectivity index (χ0v) is 9.85. The van der Waals surface area contributed by atoms with Gasteiger partial charge in [0, 0.05) is 37.2 Å². The zero-order chi connectivity index (χ0) is 12.3. The molecule has 17 heavy (non-hydrogen) atoms. The molecule has 0 radical (unpaired) electrons. The van der Waals surface area contributed by atoms with E-state index >= 15 is 0 Å². The van der Waals surface area contributed by atoms with Crippen LogP contribution in [-0.4, -0.2) is 35.2 Å². The van der Waals surface area contributed by atoms with Crippen LogP contribution in [0.2, 0.25) is 0 Å². The van der Waals surface area contributed by atoms with Crippen molar-refractivity contribution in [2.75, 3.05) is 13.1 Å². The van der Waals surface area contributed by atoms with Crippen molar-refractivity contribution >= 4 is 0 Å². The Balaban J connectivity index is 1.92. The SMILES string of the molecule is C=C(C(N)Cc1cccnc1)N1CCC(F)C1. The summed E-state index contributed by atoms with van der Waals surface area (Å²) in [5, 5.41) is 0. The summed E-state index contributed by atoms with van der Waals surface area (Å²) in [5.74, 6) is 0. The minimum absolute atomic E-state index is 0.163. The molecule has 4 heteroatoms. The predicted molar refractivity (Wildman–Crippen MR) is 66.1 cm³/mol. The Labute approximate surface area is 101 Å². The first-order valence-electron chi connectivity index (χ1n) is 5.89. The van der Waals surface area contributed by atoms with Crippen LogP contribution >= 0.6 is 0 Å². The molecule has 0 spiro atoms. The molecule has 0 aromatic carbocycles. The Morgan fingerprint density at radius 1 is 1.71 bits per heavy atom. The van der Waals surface area contributed by atoms with Crippen molar-refractivity contribution in [2.24, 2.45) is 5.73 Å². The van der Waals surface area contributed by atoms with Crippen LogP contribution in [0, 0.1) is 0 Å². The maximum Gasteiger partial charge on any atom is 0.119 e. The van der Waals surface area contributed by atoms with Crippen LogP contribution in [-0.2, 0) is 6.42 Å². The number of hydrogen-bond acceptors (Lipinski definition) is 3. The Kier molecular flexibility index (Phi) is 3.74. The summed E-state index contributed by atoms with van der Waals surface area (Å²) in [7, 11) is 0. The van der Waals surface area contributed by atoms with Gasteiger partial charge in [-0.15, -0.1) is 0 Å². The topological polar surface area (TPSA) is 42.1 Å². The summed E-state index contributed by atoms with van der Waals surface area (Å²) in [6.45, 7) is 5.13. The number of likely N-dealkylation sites (tertiary alicyclic amines) is 1. The maximum atomic E-state index is 13.1. The van der Waals surface area contributed by atoms with Gasteiger partial charge in [0.05, 0.1) is 0 Å². The van der Waals surface area contributed by atoms with Crippen molar-refractivity contribution in [3.63, 3.8) is 0 Å². The average molecular weight is 235 g/mol. The van der Waals surface area contributed by atoms with Crippen LogP contribution in [0.5, 0.6) is 0 Å². The second kappa shape index (κ2) is 5.27. The highest BCUT2D eigenvalue weighted by atomic mass is 19.1. The lowest BCUT2D eigenvalue weighted by Crippen LogP contribution is -2.35. The summed E-state index contributed by atoms with van der Waals surface area (Å²) in [6.07, 6.45) is 4.07. The fourth-order valence-electron chi connectivity index (χ4n) is 2.10. The van der Waals surface area contributed by atoms with Gasteiger partial charge in [-0.3, -0.25) is 4.98 Å². The van der Waals surface area contributed by atoms with Gasteiger partial charge < -0.3 is 10.6 Å². The number of aromatic nitrogens is 1. The smallest absolute Gasteiger partial charge is 0.119 e. The van der Waals surface area contributed by atoms with Crippen LogP contribution in [0.15, 0.2) is 36.8 Å². The van der Waals surface area contributed by atoms with E-state index < -0.39 is 6.17 Å². The van der Waals surface area contributed by atoms with Crippen molar-refractivity contribution in [2.45, 2.75) is 25.1 Å². The molecule has 2 atom stereocenters. The molecule has 1 aliphatic heterocycles. The van der Waals surface area contributed by atoms with Gasteiger partial charge >= 0.3 is 0 Å². The van der Waals surface area contributed by atoms with E-state index in [0.29, 0.717) is 19.4 Å². The normalized spacial score (nSPS) is 21.5. The molecule has 1 fully saturated rings. The molecule has 0 aliphatic carbocycles. The van der Waals surface area contributed by atoms with Gasteiger partial charge in [-0.25, -0.2) is 4.39 Å². The molecule has 1 aromatic heterocycles. The second-order valence-electron chi connectivity index (χ2n) is 4.50. The van der Waals surface area contributed by atoms with E-state index in [2.05, 4.69) is 11.6 Å². The quantitative estimate of drug-likeness (QED) is 0.860. The molecular formula is C13H18FN3. The monoisotopic (exact) mass is 235 g/mol. The van der Waals surface area contributed by atoms with E-state index in [1.165, 1.54) is 0 Å². The van der Waals surface area contributed by atoms with Gasteiger partial charge in [0.15, 0.2) is 0 Å². The molecule has 2 rings (SSSR count). The Morgan fingerprint density at radius 3 is 3.12 bits per heavy atom. The third kappa shape index (κ3) is 3.03. The highest BCUT2D eigenvalue weighted by Crippen LogP contribution is 2.19. The molecule has 2 heterocycles. The largest absolute Gasteiger partial charge is 0.371 e. The predicted octanol–water partition coefficient (Wildman–Crippen LogP) is 1.51. The van der Waals surface area contributed by atoms with Gasteiger partial charge in [0.2, 0.25) is 0 Å². The van der Waals surface area contributed by atoms with Gasteiger partial charge in [-0.1, -0.05) is 12.6 Å². The van der Waals surface area contributed by atoms with Crippen LogP contribution < -0.4 is 5.73 Å². The maximum absolute atomic E-state index is 13.1. The lowest BCUT2D eigenvalue weighted by Gasteiger charge is -2.25. The molecule has 2 unspecified atom stereocenters. The van der Waals surface area contributed by atoms with E-state index in [1.807, 2.05) is 17.0 Å². The van der Waals surface area contributed by atoms with Gasteiger partial charge in [0.1, 0.15) is 6.17 Å². The average Bonchev–Trinajstić information content (AvgIpc) is 2.76. The molecule has 1 saturated heterocycles. The minimum Gasteiger partial charge on any atom is -0.371 e. The first kappa shape index (κ1) is 12.0. The Morgan fingerprint density at radius 2 is 2.53 bits per heavy atom. The van der Waals surface area contributed by atoms with Crippen molar-refractivity contribution in [1.82, 2.24) is 9.88 Å². The van der Waals surface area contributed by atoms with E-state index in [4.69, 9.17) is 5.73 Å². The zero-order valence-electron chi connectivity index (χ0n) is 9.85. The lowest BCUT2D eigenvalue weighted by atomic mass is 10.1. The number of nitrogens with two attached hydrogens (primary N) is 1. The fourth-order valence-corrected chi connectivity index (χ4v) is 2.10. The fraction of sp³-hybridized carbons (Fsp3) is 0.462. The first-order valence-corrected chi connectivity index (χ1v) is 5.89. The Bertz CT molecular complexity index is 380. The summed E-state index contributed by atoms with van der Waals surface area (Å²) in [6, 6.07) is 3.71. The van der Waals surface area contributed by atoms with Crippen LogP contribution in [0.4, 0.5) is 4.39 Å². The third-order valence-corrected chi connectivity index (χ3v) is 3.14. The molecule has 1 aliphatic rings. The van der Waals surface area contributed by atoms with E-state index in [0.717, 1.165) is 17.8 Å². The molecule has 1 aromatic rings. The van der Waals surface area contributed by atoms with Gasteiger partial charge in [-0.2, -0.15) is 0 Å². The highest BCUT2D eigenvalue weighted by Gasteiger charge is 2.25. The van der Waals surface area contributed by atoms with Gasteiger partial charge in [0.25, 0.3) is 0 Å². The minimum atomic E-state index is -0.739. The summed E-state index contributed by atoms with van der Waals surface area (Å²) in [5.41, 5.74) is 7.99. The Hall–Kier alpha value is -1.42. The summed E-state index contributed by atoms with van der Waals surface area (Å²) in [4.78, 5) is 6.00. The van der Waals surface area contributed by atoms with Crippen LogP contribution in [0.1, 0.15) is 12.0 Å². The summed E-state index contributed by atoms with van der Waals surface area (Å²) >= 11 is 0. The molecule has 0 bridgehead atoms.